The van der Waals surface area contributed by atoms with Gasteiger partial charge < -0.3 is 4.90 Å². The molecule has 5 nitrogen and oxygen atoms in total. The van der Waals surface area contributed by atoms with Crippen LogP contribution < -0.4 is 0 Å². The maximum atomic E-state index is 12.0. The third kappa shape index (κ3) is 3.02. The van der Waals surface area contributed by atoms with Crippen molar-refractivity contribution in [2.45, 2.75) is 12.8 Å². The monoisotopic (exact) mass is 244 g/mol. The van der Waals surface area contributed by atoms with E-state index in [1.165, 1.54) is 5.56 Å². The fraction of sp³-hybridized carbons (Fsp3) is 0.462. The van der Waals surface area contributed by atoms with Crippen molar-refractivity contribution in [1.82, 2.24) is 4.90 Å². The molecule has 0 bridgehead atoms. The third-order valence-electron chi connectivity index (χ3n) is 3.29. The smallest absolute Gasteiger partial charge is 0.225 e. The molecular formula is C13H16N4O. The fourth-order valence-corrected chi connectivity index (χ4v) is 2.24. The van der Waals surface area contributed by atoms with Gasteiger partial charge in [-0.15, -0.1) is 0 Å². The summed E-state index contributed by atoms with van der Waals surface area (Å²) in [5.74, 6) is 0.00926. The average molecular weight is 244 g/mol. The molecule has 94 valence electrons. The number of carbonyl (C=O) groups is 1. The quantitative estimate of drug-likeness (QED) is 0.445. The number of azide groups is 1. The molecule has 2 rings (SSSR count). The summed E-state index contributed by atoms with van der Waals surface area (Å²) in [6, 6.07) is 10.1. The first-order valence-corrected chi connectivity index (χ1v) is 6.15. The van der Waals surface area contributed by atoms with Crippen LogP contribution in [0.25, 0.3) is 10.4 Å². The van der Waals surface area contributed by atoms with Crippen molar-refractivity contribution in [2.24, 2.45) is 11.0 Å². The molecule has 0 spiro atoms. The molecule has 0 unspecified atom stereocenters. The molecule has 1 aliphatic rings. The SMILES string of the molecule is [N-]=[N+]=NC[C@@H]1CCN(CCc2ccccc2)C1=O. The molecule has 1 aliphatic heterocycles. The molecule has 0 saturated carbocycles. The van der Waals surface area contributed by atoms with Gasteiger partial charge in [-0.05, 0) is 23.9 Å². The highest BCUT2D eigenvalue weighted by Gasteiger charge is 2.30. The fourth-order valence-electron chi connectivity index (χ4n) is 2.24. The molecule has 0 aromatic heterocycles. The van der Waals surface area contributed by atoms with Crippen LogP contribution >= 0.6 is 0 Å². The van der Waals surface area contributed by atoms with Crippen LogP contribution in [0.1, 0.15) is 12.0 Å². The number of hydrogen-bond donors (Lipinski definition) is 0. The Kier molecular flexibility index (Phi) is 4.20. The van der Waals surface area contributed by atoms with Gasteiger partial charge in [0.1, 0.15) is 0 Å². The molecular weight excluding hydrogens is 228 g/mol. The van der Waals surface area contributed by atoms with Crippen molar-refractivity contribution in [3.63, 3.8) is 0 Å². The van der Waals surface area contributed by atoms with Gasteiger partial charge in [0, 0.05) is 30.5 Å². The molecule has 5 heteroatoms. The highest BCUT2D eigenvalue weighted by atomic mass is 16.2. The second kappa shape index (κ2) is 6.07. The summed E-state index contributed by atoms with van der Waals surface area (Å²) in [5, 5.41) is 3.49. The van der Waals surface area contributed by atoms with Crippen LogP contribution in [0.4, 0.5) is 0 Å². The minimum Gasteiger partial charge on any atom is -0.342 e. The van der Waals surface area contributed by atoms with Gasteiger partial charge in [-0.3, -0.25) is 4.79 Å². The highest BCUT2D eigenvalue weighted by Crippen LogP contribution is 2.18. The lowest BCUT2D eigenvalue weighted by Crippen LogP contribution is -2.30. The van der Waals surface area contributed by atoms with Crippen LogP contribution in [0.5, 0.6) is 0 Å². The van der Waals surface area contributed by atoms with Gasteiger partial charge in [-0.2, -0.15) is 0 Å². The van der Waals surface area contributed by atoms with Crippen LogP contribution in [0.2, 0.25) is 0 Å². The molecule has 1 heterocycles. The first kappa shape index (κ1) is 12.5. The Morgan fingerprint density at radius 2 is 2.17 bits per heavy atom. The van der Waals surface area contributed by atoms with E-state index in [1.54, 1.807) is 0 Å². The topological polar surface area (TPSA) is 69.1 Å². The Morgan fingerprint density at radius 1 is 1.39 bits per heavy atom. The van der Waals surface area contributed by atoms with Gasteiger partial charge in [-0.25, -0.2) is 0 Å². The number of likely N-dealkylation sites (tertiary alicyclic amines) is 1. The van der Waals surface area contributed by atoms with E-state index in [0.717, 1.165) is 25.9 Å². The van der Waals surface area contributed by atoms with E-state index in [1.807, 2.05) is 23.1 Å². The van der Waals surface area contributed by atoms with Gasteiger partial charge in [0.05, 0.1) is 0 Å². The van der Waals surface area contributed by atoms with Crippen LogP contribution in [-0.2, 0) is 11.2 Å². The van der Waals surface area contributed by atoms with Gasteiger partial charge >= 0.3 is 0 Å². The van der Waals surface area contributed by atoms with Gasteiger partial charge in [0.25, 0.3) is 0 Å². The maximum Gasteiger partial charge on any atom is 0.225 e. The predicted molar refractivity (Wildman–Crippen MR) is 68.8 cm³/mol. The van der Waals surface area contributed by atoms with Gasteiger partial charge in [-0.1, -0.05) is 35.4 Å². The summed E-state index contributed by atoms with van der Waals surface area (Å²) in [7, 11) is 0. The van der Waals surface area contributed by atoms with Gasteiger partial charge in [0.2, 0.25) is 5.91 Å². The van der Waals surface area contributed by atoms with Crippen molar-refractivity contribution in [2.75, 3.05) is 19.6 Å². The second-order valence-electron chi connectivity index (χ2n) is 4.46. The lowest BCUT2D eigenvalue weighted by Gasteiger charge is -2.16. The number of carbonyl (C=O) groups excluding carboxylic acids is 1. The molecule has 0 N–H and O–H groups in total. The average Bonchev–Trinajstić information content (AvgIpc) is 2.76. The summed E-state index contributed by atoms with van der Waals surface area (Å²) in [5.41, 5.74) is 9.50. The number of amides is 1. The van der Waals surface area contributed by atoms with Crippen molar-refractivity contribution in [3.05, 3.63) is 46.3 Å². The standard InChI is InChI=1S/C13H16N4O/c14-16-15-10-12-7-9-17(13(12)18)8-6-11-4-2-1-3-5-11/h1-5,12H,6-10H2/t12-/m0/s1. The van der Waals surface area contributed by atoms with Crippen LogP contribution in [0, 0.1) is 5.92 Å². The molecule has 1 atom stereocenters. The Balaban J connectivity index is 1.84. The molecule has 0 aliphatic carbocycles. The molecule has 1 amide bonds. The van der Waals surface area contributed by atoms with E-state index >= 15 is 0 Å². The van der Waals surface area contributed by atoms with E-state index in [9.17, 15) is 4.79 Å². The van der Waals surface area contributed by atoms with Crippen LogP contribution in [0.15, 0.2) is 35.4 Å². The minimum atomic E-state index is -0.114. The number of nitrogens with zero attached hydrogens (tertiary/aromatic N) is 4. The molecule has 1 saturated heterocycles. The van der Waals surface area contributed by atoms with Crippen LogP contribution in [-0.4, -0.2) is 30.4 Å². The van der Waals surface area contributed by atoms with E-state index < -0.39 is 0 Å². The maximum absolute atomic E-state index is 12.0. The Morgan fingerprint density at radius 3 is 2.89 bits per heavy atom. The minimum absolute atomic E-state index is 0.114. The van der Waals surface area contributed by atoms with Crippen molar-refractivity contribution in [3.8, 4) is 0 Å². The molecule has 1 aromatic rings. The summed E-state index contributed by atoms with van der Waals surface area (Å²) in [6.07, 6.45) is 1.67. The summed E-state index contributed by atoms with van der Waals surface area (Å²) < 4.78 is 0. The lowest BCUT2D eigenvalue weighted by molar-refractivity contribution is -0.130. The van der Waals surface area contributed by atoms with Crippen molar-refractivity contribution >= 4 is 5.91 Å². The largest absolute Gasteiger partial charge is 0.342 e. The highest BCUT2D eigenvalue weighted by molar-refractivity contribution is 5.81. The van der Waals surface area contributed by atoms with Gasteiger partial charge in [0.15, 0.2) is 0 Å². The number of rotatable bonds is 5. The zero-order valence-electron chi connectivity index (χ0n) is 10.2. The number of benzene rings is 1. The third-order valence-corrected chi connectivity index (χ3v) is 3.29. The van der Waals surface area contributed by atoms with E-state index in [0.29, 0.717) is 0 Å². The summed E-state index contributed by atoms with van der Waals surface area (Å²) in [4.78, 5) is 16.5. The normalized spacial score (nSPS) is 18.8. The number of hydrogen-bond acceptors (Lipinski definition) is 2. The van der Waals surface area contributed by atoms with Crippen LogP contribution in [0.3, 0.4) is 0 Å². The Hall–Kier alpha value is -2.00. The summed E-state index contributed by atoms with van der Waals surface area (Å²) >= 11 is 0. The summed E-state index contributed by atoms with van der Waals surface area (Å²) in [6.45, 7) is 1.81. The van der Waals surface area contributed by atoms with E-state index in [2.05, 4.69) is 22.2 Å². The van der Waals surface area contributed by atoms with Crippen molar-refractivity contribution < 1.29 is 4.79 Å². The Labute approximate surface area is 106 Å². The molecule has 18 heavy (non-hydrogen) atoms. The Bertz CT molecular complexity index is 453. The predicted octanol–water partition coefficient (Wildman–Crippen LogP) is 2.39. The van der Waals surface area contributed by atoms with Crippen molar-refractivity contribution in [1.29, 1.82) is 0 Å². The van der Waals surface area contributed by atoms with E-state index in [-0.39, 0.29) is 18.4 Å². The zero-order valence-corrected chi connectivity index (χ0v) is 10.2. The first-order chi connectivity index (χ1) is 8.81. The molecule has 0 radical (unpaired) electrons. The first-order valence-electron chi connectivity index (χ1n) is 6.15. The molecule has 1 fully saturated rings. The lowest BCUT2D eigenvalue weighted by atomic mass is 10.1. The second-order valence-corrected chi connectivity index (χ2v) is 4.46. The van der Waals surface area contributed by atoms with E-state index in [4.69, 9.17) is 5.53 Å². The molecule has 1 aromatic carbocycles. The zero-order chi connectivity index (χ0) is 12.8.